The fourth-order valence-electron chi connectivity index (χ4n) is 2.68. The van der Waals surface area contributed by atoms with Gasteiger partial charge < -0.3 is 0 Å². The Morgan fingerprint density at radius 2 is 1.76 bits per heavy atom. The Kier molecular flexibility index (Phi) is 3.80. The van der Waals surface area contributed by atoms with Gasteiger partial charge >= 0.3 is 0 Å². The van der Waals surface area contributed by atoms with Crippen LogP contribution in [0.15, 0.2) is 0 Å². The van der Waals surface area contributed by atoms with Gasteiger partial charge in [-0.05, 0) is 24.2 Å². The Labute approximate surface area is 105 Å². The van der Waals surface area contributed by atoms with Gasteiger partial charge in [0.2, 0.25) is 0 Å². The maximum atomic E-state index is 11.7. The third-order valence-electron chi connectivity index (χ3n) is 4.17. The average molecular weight is 260 g/mol. The van der Waals surface area contributed by atoms with E-state index in [0.717, 1.165) is 0 Å². The van der Waals surface area contributed by atoms with E-state index in [4.69, 9.17) is 0 Å². The summed E-state index contributed by atoms with van der Waals surface area (Å²) in [6.45, 7) is 6.30. The minimum absolute atomic E-state index is 0.0729. The van der Waals surface area contributed by atoms with Crippen LogP contribution in [0.5, 0.6) is 0 Å². The molecule has 1 aliphatic carbocycles. The second-order valence-electron chi connectivity index (χ2n) is 6.05. The Bertz CT molecular complexity index is 355. The summed E-state index contributed by atoms with van der Waals surface area (Å²) in [6, 6.07) is 0. The summed E-state index contributed by atoms with van der Waals surface area (Å²) >= 11 is 0. The standard InChI is InChI=1S/C12H24N2O2S/c1-12(2,11-6-4-3-5-7-11)10-13-17(15,16)14-8-9-14/h11,13H,3-10H2,1-2H3. The first-order chi connectivity index (χ1) is 7.92. The zero-order chi connectivity index (χ0) is 12.5. The molecule has 17 heavy (non-hydrogen) atoms. The fraction of sp³-hybridized carbons (Fsp3) is 1.00. The van der Waals surface area contributed by atoms with Gasteiger partial charge in [0.25, 0.3) is 10.2 Å². The molecule has 0 aromatic rings. The maximum Gasteiger partial charge on any atom is 0.279 e. The SMILES string of the molecule is CC(C)(CNS(=O)(=O)N1CC1)C1CCCCC1. The lowest BCUT2D eigenvalue weighted by atomic mass is 9.71. The number of rotatable bonds is 5. The molecular formula is C12H24N2O2S. The Morgan fingerprint density at radius 1 is 1.18 bits per heavy atom. The average Bonchev–Trinajstić information content (AvgIpc) is 3.12. The van der Waals surface area contributed by atoms with Crippen LogP contribution in [0.25, 0.3) is 0 Å². The Morgan fingerprint density at radius 3 is 2.29 bits per heavy atom. The van der Waals surface area contributed by atoms with Crippen molar-refractivity contribution in [1.29, 1.82) is 0 Å². The molecule has 0 atom stereocenters. The summed E-state index contributed by atoms with van der Waals surface area (Å²) in [5.74, 6) is 0.660. The van der Waals surface area contributed by atoms with Gasteiger partial charge in [-0.15, -0.1) is 0 Å². The predicted molar refractivity (Wildman–Crippen MR) is 68.9 cm³/mol. The molecule has 1 aliphatic heterocycles. The molecule has 100 valence electrons. The molecule has 0 aromatic heterocycles. The molecule has 4 nitrogen and oxygen atoms in total. The zero-order valence-electron chi connectivity index (χ0n) is 10.9. The normalized spacial score (nSPS) is 23.9. The van der Waals surface area contributed by atoms with Crippen molar-refractivity contribution in [3.63, 3.8) is 0 Å². The minimum atomic E-state index is -3.18. The molecule has 2 rings (SSSR count). The smallest absolute Gasteiger partial charge is 0.202 e. The molecule has 0 bridgehead atoms. The quantitative estimate of drug-likeness (QED) is 0.766. The highest BCUT2D eigenvalue weighted by atomic mass is 32.2. The zero-order valence-corrected chi connectivity index (χ0v) is 11.7. The third kappa shape index (κ3) is 3.42. The van der Waals surface area contributed by atoms with Crippen molar-refractivity contribution in [2.75, 3.05) is 19.6 Å². The van der Waals surface area contributed by atoms with Crippen LogP contribution in [0, 0.1) is 11.3 Å². The van der Waals surface area contributed by atoms with Crippen molar-refractivity contribution in [2.45, 2.75) is 46.0 Å². The molecule has 1 saturated carbocycles. The van der Waals surface area contributed by atoms with Crippen molar-refractivity contribution < 1.29 is 8.42 Å². The van der Waals surface area contributed by atoms with Crippen LogP contribution >= 0.6 is 0 Å². The van der Waals surface area contributed by atoms with Gasteiger partial charge in [-0.25, -0.2) is 4.72 Å². The second kappa shape index (κ2) is 4.86. The molecule has 5 heteroatoms. The first-order valence-corrected chi connectivity index (χ1v) is 8.10. The van der Waals surface area contributed by atoms with E-state index in [1.165, 1.54) is 36.4 Å². The first kappa shape index (κ1) is 13.3. The van der Waals surface area contributed by atoms with Crippen molar-refractivity contribution in [1.82, 2.24) is 9.03 Å². The van der Waals surface area contributed by atoms with Crippen LogP contribution in [-0.2, 0) is 10.2 Å². The van der Waals surface area contributed by atoms with Gasteiger partial charge in [0.05, 0.1) is 0 Å². The lowest BCUT2D eigenvalue weighted by molar-refractivity contribution is 0.161. The predicted octanol–water partition coefficient (Wildman–Crippen LogP) is 1.74. The van der Waals surface area contributed by atoms with Crippen molar-refractivity contribution in [3.8, 4) is 0 Å². The van der Waals surface area contributed by atoms with Gasteiger partial charge in [-0.3, -0.25) is 0 Å². The highest BCUT2D eigenvalue weighted by Gasteiger charge is 2.35. The lowest BCUT2D eigenvalue weighted by Gasteiger charge is -2.37. The van der Waals surface area contributed by atoms with Gasteiger partial charge in [-0.2, -0.15) is 12.7 Å². The van der Waals surface area contributed by atoms with E-state index in [2.05, 4.69) is 18.6 Å². The Balaban J connectivity index is 1.87. The summed E-state index contributed by atoms with van der Waals surface area (Å²) in [5.41, 5.74) is 0.0729. The highest BCUT2D eigenvalue weighted by Crippen LogP contribution is 2.37. The topological polar surface area (TPSA) is 49.2 Å². The van der Waals surface area contributed by atoms with Gasteiger partial charge in [0.15, 0.2) is 0 Å². The van der Waals surface area contributed by atoms with E-state index in [9.17, 15) is 8.42 Å². The largest absolute Gasteiger partial charge is 0.279 e. The maximum absolute atomic E-state index is 11.7. The number of hydrogen-bond acceptors (Lipinski definition) is 2. The van der Waals surface area contributed by atoms with Crippen LogP contribution in [0.4, 0.5) is 0 Å². The van der Waals surface area contributed by atoms with E-state index in [1.54, 1.807) is 0 Å². The number of nitrogens with one attached hydrogen (secondary N) is 1. The molecular weight excluding hydrogens is 236 g/mol. The summed E-state index contributed by atoms with van der Waals surface area (Å²) in [7, 11) is -3.18. The van der Waals surface area contributed by atoms with Gasteiger partial charge in [0, 0.05) is 19.6 Å². The molecule has 1 heterocycles. The molecule has 2 aliphatic rings. The van der Waals surface area contributed by atoms with E-state index in [0.29, 0.717) is 25.6 Å². The van der Waals surface area contributed by atoms with E-state index in [-0.39, 0.29) is 5.41 Å². The third-order valence-corrected chi connectivity index (χ3v) is 5.72. The van der Waals surface area contributed by atoms with Crippen molar-refractivity contribution in [2.24, 2.45) is 11.3 Å². The van der Waals surface area contributed by atoms with Crippen LogP contribution in [0.2, 0.25) is 0 Å². The molecule has 0 radical (unpaired) electrons. The molecule has 0 aromatic carbocycles. The summed E-state index contributed by atoms with van der Waals surface area (Å²) in [4.78, 5) is 0. The van der Waals surface area contributed by atoms with Crippen LogP contribution in [-0.4, -0.2) is 32.4 Å². The highest BCUT2D eigenvalue weighted by molar-refractivity contribution is 7.87. The molecule has 0 spiro atoms. The molecule has 0 unspecified atom stereocenters. The fourth-order valence-corrected chi connectivity index (χ4v) is 3.98. The van der Waals surface area contributed by atoms with Crippen molar-refractivity contribution >= 4 is 10.2 Å². The summed E-state index contributed by atoms with van der Waals surface area (Å²) in [6.07, 6.45) is 6.43. The molecule has 2 fully saturated rings. The van der Waals surface area contributed by atoms with E-state index < -0.39 is 10.2 Å². The minimum Gasteiger partial charge on any atom is -0.202 e. The summed E-state index contributed by atoms with van der Waals surface area (Å²) < 4.78 is 27.7. The Hall–Kier alpha value is -0.130. The van der Waals surface area contributed by atoms with Gasteiger partial charge in [0.1, 0.15) is 0 Å². The first-order valence-electron chi connectivity index (χ1n) is 6.66. The van der Waals surface area contributed by atoms with E-state index in [1.807, 2.05) is 0 Å². The van der Waals surface area contributed by atoms with Crippen LogP contribution < -0.4 is 4.72 Å². The monoisotopic (exact) mass is 260 g/mol. The number of hydrogen-bond donors (Lipinski definition) is 1. The lowest BCUT2D eigenvalue weighted by Crippen LogP contribution is -2.41. The van der Waals surface area contributed by atoms with Crippen molar-refractivity contribution in [3.05, 3.63) is 0 Å². The van der Waals surface area contributed by atoms with Crippen LogP contribution in [0.1, 0.15) is 46.0 Å². The van der Waals surface area contributed by atoms with Gasteiger partial charge in [-0.1, -0.05) is 33.1 Å². The second-order valence-corrected chi connectivity index (χ2v) is 7.80. The molecule has 1 saturated heterocycles. The van der Waals surface area contributed by atoms with Crippen LogP contribution in [0.3, 0.4) is 0 Å². The molecule has 0 amide bonds. The summed E-state index contributed by atoms with van der Waals surface area (Å²) in [5, 5.41) is 0. The van der Waals surface area contributed by atoms with E-state index >= 15 is 0 Å². The molecule has 1 N–H and O–H groups in total. The number of nitrogens with zero attached hydrogens (tertiary/aromatic N) is 1.